The predicted octanol–water partition coefficient (Wildman–Crippen LogP) is 0.265. The summed E-state index contributed by atoms with van der Waals surface area (Å²) in [6, 6.07) is 0. The first-order valence-electron chi connectivity index (χ1n) is 4.00. The average molecular weight is 186 g/mol. The molecule has 0 heterocycles. The molecule has 0 aromatic heterocycles. The molecule has 0 unspecified atom stereocenters. The first-order valence-corrected chi connectivity index (χ1v) is 4.00. The van der Waals surface area contributed by atoms with E-state index in [1.165, 1.54) is 20.8 Å². The van der Waals surface area contributed by atoms with E-state index < -0.39 is 11.4 Å². The third kappa shape index (κ3) is 3.94. The topological polar surface area (TPSA) is 71.4 Å². The minimum Gasteiger partial charge on any atom is -0.381 e. The smallest absolute Gasteiger partial charge is 0.162 e. The van der Waals surface area contributed by atoms with Gasteiger partial charge in [0.05, 0.1) is 0 Å². The Morgan fingerprint density at radius 1 is 1.00 bits per heavy atom. The number of carbonyl (C=O) groups excluding carboxylic acids is 3. The molecule has 1 N–H and O–H groups in total. The second-order valence-corrected chi connectivity index (χ2v) is 3.35. The maximum Gasteiger partial charge on any atom is 0.162 e. The number of aliphatic hydroxyl groups is 1. The van der Waals surface area contributed by atoms with Gasteiger partial charge in [-0.15, -0.1) is 0 Å². The molecule has 0 spiro atoms. The number of rotatable bonds is 5. The van der Waals surface area contributed by atoms with E-state index in [2.05, 4.69) is 0 Å². The number of carbonyl (C=O) groups is 3. The molecule has 74 valence electrons. The molecular formula is C9H14O4. The van der Waals surface area contributed by atoms with E-state index >= 15 is 0 Å². The molecule has 0 atom stereocenters. The Bertz CT molecular complexity index is 226. The highest BCUT2D eigenvalue weighted by Crippen LogP contribution is 2.17. The van der Waals surface area contributed by atoms with Crippen LogP contribution in [-0.4, -0.2) is 28.1 Å². The van der Waals surface area contributed by atoms with Crippen LogP contribution in [0.2, 0.25) is 0 Å². The van der Waals surface area contributed by atoms with E-state index in [0.29, 0.717) is 0 Å². The van der Waals surface area contributed by atoms with Crippen molar-refractivity contribution in [3.8, 4) is 0 Å². The first-order chi connectivity index (χ1) is 5.78. The second-order valence-electron chi connectivity index (χ2n) is 3.35. The normalized spacial score (nSPS) is 11.1. The van der Waals surface area contributed by atoms with E-state index in [1.807, 2.05) is 0 Å². The Kier molecular flexibility index (Phi) is 3.94. The molecule has 0 aliphatic rings. The lowest BCUT2D eigenvalue weighted by Crippen LogP contribution is -2.40. The predicted molar refractivity (Wildman–Crippen MR) is 46.2 cm³/mol. The van der Waals surface area contributed by atoms with E-state index in [4.69, 9.17) is 0 Å². The molecule has 0 bridgehead atoms. The Labute approximate surface area is 76.9 Å². The maximum atomic E-state index is 11.0. The molecule has 0 saturated carbocycles. The van der Waals surface area contributed by atoms with Crippen molar-refractivity contribution in [3.63, 3.8) is 0 Å². The van der Waals surface area contributed by atoms with Gasteiger partial charge in [-0.1, -0.05) is 0 Å². The van der Waals surface area contributed by atoms with E-state index in [9.17, 15) is 19.5 Å². The van der Waals surface area contributed by atoms with Crippen LogP contribution in [0.1, 0.15) is 33.6 Å². The molecule has 4 heteroatoms. The fourth-order valence-corrected chi connectivity index (χ4v) is 1.14. The van der Waals surface area contributed by atoms with Crippen LogP contribution in [0.5, 0.6) is 0 Å². The van der Waals surface area contributed by atoms with Crippen molar-refractivity contribution < 1.29 is 19.5 Å². The summed E-state index contributed by atoms with van der Waals surface area (Å²) in [7, 11) is 0. The summed E-state index contributed by atoms with van der Waals surface area (Å²) >= 11 is 0. The van der Waals surface area contributed by atoms with E-state index in [0.717, 1.165) is 0 Å². The van der Waals surface area contributed by atoms with Gasteiger partial charge < -0.3 is 5.11 Å². The number of ketones is 3. The van der Waals surface area contributed by atoms with Crippen LogP contribution in [0.3, 0.4) is 0 Å². The van der Waals surface area contributed by atoms with Gasteiger partial charge >= 0.3 is 0 Å². The van der Waals surface area contributed by atoms with Gasteiger partial charge in [-0.2, -0.15) is 0 Å². The summed E-state index contributed by atoms with van der Waals surface area (Å²) in [4.78, 5) is 32.4. The van der Waals surface area contributed by atoms with Gasteiger partial charge in [-0.05, 0) is 20.8 Å². The summed E-state index contributed by atoms with van der Waals surface area (Å²) in [6.45, 7) is 3.72. The zero-order valence-electron chi connectivity index (χ0n) is 8.09. The monoisotopic (exact) mass is 186 g/mol. The molecule has 0 radical (unpaired) electrons. The first kappa shape index (κ1) is 12.0. The Hall–Kier alpha value is -1.03. The van der Waals surface area contributed by atoms with Crippen LogP contribution in [0.25, 0.3) is 0 Å². The van der Waals surface area contributed by atoms with Gasteiger partial charge in [0.2, 0.25) is 0 Å². The highest BCUT2D eigenvalue weighted by molar-refractivity contribution is 5.94. The molecule has 0 saturated heterocycles. The van der Waals surface area contributed by atoms with Crippen LogP contribution in [0, 0.1) is 0 Å². The van der Waals surface area contributed by atoms with Crippen molar-refractivity contribution in [3.05, 3.63) is 0 Å². The van der Waals surface area contributed by atoms with Crippen molar-refractivity contribution in [2.24, 2.45) is 0 Å². The standard InChI is InChI=1S/C9H14O4/c1-6(10)4-9(13,8(3)12)5-7(2)11/h13H,4-5H2,1-3H3. The zero-order chi connectivity index (χ0) is 10.6. The van der Waals surface area contributed by atoms with Gasteiger partial charge in [0, 0.05) is 12.8 Å². The van der Waals surface area contributed by atoms with Crippen molar-refractivity contribution in [1.29, 1.82) is 0 Å². The average Bonchev–Trinajstić information content (AvgIpc) is 1.82. The molecule has 0 aromatic rings. The summed E-state index contributed by atoms with van der Waals surface area (Å²) in [6.07, 6.45) is -0.580. The van der Waals surface area contributed by atoms with Crippen LogP contribution in [0.15, 0.2) is 0 Å². The van der Waals surface area contributed by atoms with Crippen LogP contribution in [0.4, 0.5) is 0 Å². The maximum absolute atomic E-state index is 11.0. The molecule has 0 amide bonds. The molecule has 0 aromatic carbocycles. The number of hydrogen-bond acceptors (Lipinski definition) is 4. The summed E-state index contributed by atoms with van der Waals surface area (Å²) < 4.78 is 0. The quantitative estimate of drug-likeness (QED) is 0.668. The molecule has 13 heavy (non-hydrogen) atoms. The highest BCUT2D eigenvalue weighted by atomic mass is 16.3. The molecule has 0 rings (SSSR count). The fourth-order valence-electron chi connectivity index (χ4n) is 1.14. The van der Waals surface area contributed by atoms with Gasteiger partial charge in [0.1, 0.15) is 17.2 Å². The molecule has 0 aliphatic heterocycles. The Morgan fingerprint density at radius 3 is 1.46 bits per heavy atom. The largest absolute Gasteiger partial charge is 0.381 e. The van der Waals surface area contributed by atoms with Gasteiger partial charge in [-0.3, -0.25) is 14.4 Å². The van der Waals surface area contributed by atoms with Crippen molar-refractivity contribution >= 4 is 17.3 Å². The van der Waals surface area contributed by atoms with E-state index in [-0.39, 0.29) is 24.4 Å². The Morgan fingerprint density at radius 2 is 1.31 bits per heavy atom. The van der Waals surface area contributed by atoms with E-state index in [1.54, 1.807) is 0 Å². The van der Waals surface area contributed by atoms with Crippen LogP contribution >= 0.6 is 0 Å². The molecule has 0 fully saturated rings. The van der Waals surface area contributed by atoms with Crippen molar-refractivity contribution in [2.45, 2.75) is 39.2 Å². The third-order valence-electron chi connectivity index (χ3n) is 1.74. The minimum absolute atomic E-state index is 0.290. The SMILES string of the molecule is CC(=O)CC(O)(CC(C)=O)C(C)=O. The number of Topliss-reactive ketones (excluding diaryl/α,β-unsaturated/α-hetero) is 3. The second kappa shape index (κ2) is 4.28. The van der Waals surface area contributed by atoms with Crippen molar-refractivity contribution in [2.75, 3.05) is 0 Å². The molecule has 0 aliphatic carbocycles. The summed E-state index contributed by atoms with van der Waals surface area (Å²) in [5, 5.41) is 9.64. The molecule has 4 nitrogen and oxygen atoms in total. The van der Waals surface area contributed by atoms with Crippen LogP contribution < -0.4 is 0 Å². The fraction of sp³-hybridized carbons (Fsp3) is 0.667. The lowest BCUT2D eigenvalue weighted by molar-refractivity contribution is -0.144. The number of hydrogen-bond donors (Lipinski definition) is 1. The molecular weight excluding hydrogens is 172 g/mol. The van der Waals surface area contributed by atoms with Gasteiger partial charge in [-0.25, -0.2) is 0 Å². The lowest BCUT2D eigenvalue weighted by Gasteiger charge is -2.22. The highest BCUT2D eigenvalue weighted by Gasteiger charge is 2.35. The summed E-state index contributed by atoms with van der Waals surface area (Å²) in [5.74, 6) is -1.16. The van der Waals surface area contributed by atoms with Gasteiger partial charge in [0.15, 0.2) is 5.78 Å². The minimum atomic E-state index is -1.79. The lowest BCUT2D eigenvalue weighted by atomic mass is 9.88. The van der Waals surface area contributed by atoms with Crippen LogP contribution in [-0.2, 0) is 14.4 Å². The zero-order valence-corrected chi connectivity index (χ0v) is 8.09. The van der Waals surface area contributed by atoms with Crippen molar-refractivity contribution in [1.82, 2.24) is 0 Å². The summed E-state index contributed by atoms with van der Waals surface area (Å²) in [5.41, 5.74) is -1.79. The third-order valence-corrected chi connectivity index (χ3v) is 1.74. The Balaban J connectivity index is 4.62. The van der Waals surface area contributed by atoms with Gasteiger partial charge in [0.25, 0.3) is 0 Å².